The van der Waals surface area contributed by atoms with Gasteiger partial charge in [-0.3, -0.25) is 9.59 Å². The highest BCUT2D eigenvalue weighted by atomic mass is 35.5. The van der Waals surface area contributed by atoms with Gasteiger partial charge in [-0.15, -0.1) is 11.3 Å². The minimum atomic E-state index is -0.525. The largest absolute Gasteiger partial charge is 0.383 e. The van der Waals surface area contributed by atoms with Crippen molar-refractivity contribution in [1.29, 1.82) is 0 Å². The minimum absolute atomic E-state index is 0.142. The van der Waals surface area contributed by atoms with E-state index in [1.807, 2.05) is 36.4 Å². The molecule has 168 valence electrons. The number of benzene rings is 1. The monoisotopic (exact) mass is 463 g/mol. The summed E-state index contributed by atoms with van der Waals surface area (Å²) < 4.78 is 5.01. The highest BCUT2D eigenvalue weighted by Crippen LogP contribution is 2.29. The van der Waals surface area contributed by atoms with Gasteiger partial charge in [0, 0.05) is 35.8 Å². The molecule has 2 amide bonds. The number of methoxy groups -OCH3 is 1. The first-order chi connectivity index (χ1) is 15.0. The van der Waals surface area contributed by atoms with Crippen molar-refractivity contribution in [2.24, 2.45) is 5.92 Å². The summed E-state index contributed by atoms with van der Waals surface area (Å²) in [6, 6.07) is 10.7. The molecule has 1 aliphatic carbocycles. The lowest BCUT2D eigenvalue weighted by molar-refractivity contribution is -0.123. The normalized spacial score (nSPS) is 14.9. The fourth-order valence-corrected chi connectivity index (χ4v) is 4.86. The maximum atomic E-state index is 12.9. The zero-order valence-electron chi connectivity index (χ0n) is 17.8. The standard InChI is InChI=1S/C23H30ClN3O3S/c1-30-12-11-25-22(28)20(13-16-5-2-3-6-16)27-23(29)21-10-9-19(31-21)15-26-18-8-4-7-17(24)14-18/h4,7-10,14,16,20,26H,2-3,5-6,11-13,15H2,1H3,(H,25,28)(H,27,29)/t20-/m0/s1. The van der Waals surface area contributed by atoms with Gasteiger partial charge in [0.05, 0.1) is 11.5 Å². The van der Waals surface area contributed by atoms with Crippen LogP contribution in [0.4, 0.5) is 5.69 Å². The SMILES string of the molecule is COCCNC(=O)[C@H](CC1CCCC1)NC(=O)c1ccc(CNc2cccc(Cl)c2)s1. The van der Waals surface area contributed by atoms with Crippen molar-refractivity contribution < 1.29 is 14.3 Å². The van der Waals surface area contributed by atoms with Crippen molar-refractivity contribution in [3.8, 4) is 0 Å². The molecule has 0 radical (unpaired) electrons. The lowest BCUT2D eigenvalue weighted by Gasteiger charge is -2.21. The third kappa shape index (κ3) is 7.52. The first-order valence-corrected chi connectivity index (χ1v) is 11.9. The van der Waals surface area contributed by atoms with E-state index in [-0.39, 0.29) is 11.8 Å². The first kappa shape index (κ1) is 23.6. The van der Waals surface area contributed by atoms with Crippen LogP contribution in [0.15, 0.2) is 36.4 Å². The molecule has 6 nitrogen and oxygen atoms in total. The van der Waals surface area contributed by atoms with Crippen LogP contribution in [-0.2, 0) is 16.1 Å². The maximum absolute atomic E-state index is 12.9. The van der Waals surface area contributed by atoms with E-state index in [0.717, 1.165) is 23.4 Å². The van der Waals surface area contributed by atoms with E-state index >= 15 is 0 Å². The topological polar surface area (TPSA) is 79.5 Å². The number of ether oxygens (including phenoxy) is 1. The molecule has 1 aromatic heterocycles. The summed E-state index contributed by atoms with van der Waals surface area (Å²) in [7, 11) is 1.60. The third-order valence-electron chi connectivity index (χ3n) is 5.45. The summed E-state index contributed by atoms with van der Waals surface area (Å²) in [6.07, 6.45) is 5.32. The first-order valence-electron chi connectivity index (χ1n) is 10.7. The van der Waals surface area contributed by atoms with Crippen LogP contribution in [0.1, 0.15) is 46.7 Å². The van der Waals surface area contributed by atoms with Gasteiger partial charge in [-0.1, -0.05) is 43.4 Å². The summed E-state index contributed by atoms with van der Waals surface area (Å²) in [4.78, 5) is 27.1. The number of anilines is 1. The van der Waals surface area contributed by atoms with Gasteiger partial charge in [-0.25, -0.2) is 0 Å². The molecular weight excluding hydrogens is 434 g/mol. The Morgan fingerprint density at radius 3 is 2.77 bits per heavy atom. The summed E-state index contributed by atoms with van der Waals surface area (Å²) in [5.41, 5.74) is 0.927. The van der Waals surface area contributed by atoms with Crippen LogP contribution in [0.5, 0.6) is 0 Å². The fraction of sp³-hybridized carbons (Fsp3) is 0.478. The molecule has 1 aliphatic rings. The molecule has 0 bridgehead atoms. The average molecular weight is 464 g/mol. The van der Waals surface area contributed by atoms with Crippen molar-refractivity contribution in [2.45, 2.75) is 44.7 Å². The summed E-state index contributed by atoms with van der Waals surface area (Å²) >= 11 is 7.44. The van der Waals surface area contributed by atoms with Crippen molar-refractivity contribution in [2.75, 3.05) is 25.6 Å². The van der Waals surface area contributed by atoms with Gasteiger partial charge in [-0.05, 0) is 42.7 Å². The van der Waals surface area contributed by atoms with Crippen molar-refractivity contribution >= 4 is 40.4 Å². The second-order valence-corrected chi connectivity index (χ2v) is 9.43. The van der Waals surface area contributed by atoms with Crippen LogP contribution in [-0.4, -0.2) is 38.1 Å². The van der Waals surface area contributed by atoms with Crippen LogP contribution < -0.4 is 16.0 Å². The van der Waals surface area contributed by atoms with Gasteiger partial charge in [0.2, 0.25) is 5.91 Å². The van der Waals surface area contributed by atoms with E-state index in [0.29, 0.717) is 41.9 Å². The molecule has 3 rings (SSSR count). The second-order valence-electron chi connectivity index (χ2n) is 7.83. The van der Waals surface area contributed by atoms with Crippen molar-refractivity contribution in [3.05, 3.63) is 51.2 Å². The summed E-state index contributed by atoms with van der Waals surface area (Å²) in [5.74, 6) is 0.139. The number of hydrogen-bond donors (Lipinski definition) is 3. The molecule has 1 fully saturated rings. The molecule has 0 unspecified atom stereocenters. The van der Waals surface area contributed by atoms with E-state index in [9.17, 15) is 9.59 Å². The number of rotatable bonds is 11. The smallest absolute Gasteiger partial charge is 0.262 e. The zero-order valence-corrected chi connectivity index (χ0v) is 19.4. The summed E-state index contributed by atoms with van der Waals surface area (Å²) in [5, 5.41) is 9.81. The van der Waals surface area contributed by atoms with Crippen LogP contribution in [0.2, 0.25) is 5.02 Å². The Morgan fingerprint density at radius 1 is 1.23 bits per heavy atom. The van der Waals surface area contributed by atoms with Crippen LogP contribution in [0.3, 0.4) is 0 Å². The molecule has 0 spiro atoms. The van der Waals surface area contributed by atoms with Crippen LogP contribution in [0, 0.1) is 5.92 Å². The van der Waals surface area contributed by atoms with Gasteiger partial charge in [-0.2, -0.15) is 0 Å². The van der Waals surface area contributed by atoms with E-state index in [1.54, 1.807) is 7.11 Å². The predicted molar refractivity (Wildman–Crippen MR) is 126 cm³/mol. The lowest BCUT2D eigenvalue weighted by Crippen LogP contribution is -2.48. The Bertz CT molecular complexity index is 867. The van der Waals surface area contributed by atoms with Crippen LogP contribution >= 0.6 is 22.9 Å². The molecule has 1 atom stereocenters. The number of carbonyl (C=O) groups excluding carboxylic acids is 2. The molecule has 0 aliphatic heterocycles. The van der Waals surface area contributed by atoms with E-state index in [1.165, 1.54) is 24.2 Å². The van der Waals surface area contributed by atoms with E-state index < -0.39 is 6.04 Å². The van der Waals surface area contributed by atoms with Gasteiger partial charge in [0.1, 0.15) is 6.04 Å². The second kappa shape index (κ2) is 12.1. The maximum Gasteiger partial charge on any atom is 0.262 e. The number of thiophene rings is 1. The third-order valence-corrected chi connectivity index (χ3v) is 6.77. The number of halogens is 1. The van der Waals surface area contributed by atoms with Gasteiger partial charge >= 0.3 is 0 Å². The molecular formula is C23H30ClN3O3S. The molecule has 1 heterocycles. The summed E-state index contributed by atoms with van der Waals surface area (Å²) in [6.45, 7) is 1.48. The molecule has 31 heavy (non-hydrogen) atoms. The molecule has 8 heteroatoms. The predicted octanol–water partition coefficient (Wildman–Crippen LogP) is 4.45. The lowest BCUT2D eigenvalue weighted by atomic mass is 9.97. The molecule has 0 saturated heterocycles. The molecule has 1 aromatic carbocycles. The number of carbonyl (C=O) groups is 2. The number of nitrogens with one attached hydrogen (secondary N) is 3. The highest BCUT2D eigenvalue weighted by Gasteiger charge is 2.27. The average Bonchev–Trinajstić information content (AvgIpc) is 3.44. The zero-order chi connectivity index (χ0) is 22.1. The Balaban J connectivity index is 1.57. The highest BCUT2D eigenvalue weighted by molar-refractivity contribution is 7.14. The quantitative estimate of drug-likeness (QED) is 0.430. The number of amides is 2. The Labute approximate surface area is 192 Å². The van der Waals surface area contributed by atoms with Crippen molar-refractivity contribution in [1.82, 2.24) is 10.6 Å². The number of hydrogen-bond acceptors (Lipinski definition) is 5. The van der Waals surface area contributed by atoms with E-state index in [2.05, 4.69) is 16.0 Å². The van der Waals surface area contributed by atoms with E-state index in [4.69, 9.17) is 16.3 Å². The molecule has 1 saturated carbocycles. The van der Waals surface area contributed by atoms with Crippen molar-refractivity contribution in [3.63, 3.8) is 0 Å². The van der Waals surface area contributed by atoms with Crippen LogP contribution in [0.25, 0.3) is 0 Å². The molecule has 2 aromatic rings. The Morgan fingerprint density at radius 2 is 2.03 bits per heavy atom. The molecule has 3 N–H and O–H groups in total. The Hall–Kier alpha value is -2.09. The Kier molecular flexibility index (Phi) is 9.18. The minimum Gasteiger partial charge on any atom is -0.383 e. The van der Waals surface area contributed by atoms with Gasteiger partial charge < -0.3 is 20.7 Å². The van der Waals surface area contributed by atoms with Gasteiger partial charge in [0.15, 0.2) is 0 Å². The fourth-order valence-electron chi connectivity index (χ4n) is 3.82. The van der Waals surface area contributed by atoms with Gasteiger partial charge in [0.25, 0.3) is 5.91 Å².